The molecule has 0 fully saturated rings. The average molecular weight is 345 g/mol. The van der Waals surface area contributed by atoms with Gasteiger partial charge in [-0.3, -0.25) is 9.59 Å². The van der Waals surface area contributed by atoms with Crippen molar-refractivity contribution in [3.63, 3.8) is 0 Å². The summed E-state index contributed by atoms with van der Waals surface area (Å²) < 4.78 is 0. The summed E-state index contributed by atoms with van der Waals surface area (Å²) in [5, 5.41) is 19.2. The van der Waals surface area contributed by atoms with Crippen molar-refractivity contribution in [2.45, 2.75) is 46.5 Å². The van der Waals surface area contributed by atoms with Crippen LogP contribution in [0, 0.1) is 17.3 Å². The van der Waals surface area contributed by atoms with Gasteiger partial charge in [-0.05, 0) is 63.9 Å². The maximum atomic E-state index is 9.64. The molecule has 0 saturated heterocycles. The number of aliphatic carboxylic acids is 2. The van der Waals surface area contributed by atoms with Crippen LogP contribution >= 0.6 is 0 Å². The molecule has 5 nitrogen and oxygen atoms in total. The second-order valence-electron chi connectivity index (χ2n) is 6.98. The van der Waals surface area contributed by atoms with Gasteiger partial charge >= 0.3 is 11.9 Å². The van der Waals surface area contributed by atoms with Crippen molar-refractivity contribution in [2.24, 2.45) is 5.41 Å². The summed E-state index contributed by atoms with van der Waals surface area (Å²) in [5.74, 6) is 4.55. The number of carbonyl (C=O) groups is 2. The molecule has 1 aromatic rings. The second-order valence-corrected chi connectivity index (χ2v) is 6.98. The van der Waals surface area contributed by atoms with Crippen molar-refractivity contribution in [3.8, 4) is 11.8 Å². The van der Waals surface area contributed by atoms with Gasteiger partial charge < -0.3 is 15.5 Å². The molecule has 0 radical (unpaired) electrons. The third-order valence-corrected chi connectivity index (χ3v) is 3.52. The van der Waals surface area contributed by atoms with Crippen LogP contribution in [0.3, 0.4) is 0 Å². The second kappa shape index (κ2) is 9.85. The number of carboxylic acids is 2. The number of fused-ring (bicyclic) bond motifs is 1. The quantitative estimate of drug-likeness (QED) is 0.733. The number of hydrogen-bond donors (Lipinski definition) is 3. The van der Waals surface area contributed by atoms with Gasteiger partial charge in [0, 0.05) is 11.0 Å². The lowest BCUT2D eigenvalue weighted by Gasteiger charge is -2.10. The molecule has 0 unspecified atom stereocenters. The minimum Gasteiger partial charge on any atom is -0.481 e. The van der Waals surface area contributed by atoms with Crippen molar-refractivity contribution in [3.05, 3.63) is 34.9 Å². The van der Waals surface area contributed by atoms with E-state index in [2.05, 4.69) is 56.1 Å². The van der Waals surface area contributed by atoms with E-state index < -0.39 is 11.9 Å². The van der Waals surface area contributed by atoms with Crippen molar-refractivity contribution in [2.75, 3.05) is 13.1 Å². The lowest BCUT2D eigenvalue weighted by atomic mass is 9.94. The molecule has 0 bridgehead atoms. The van der Waals surface area contributed by atoms with Crippen LogP contribution in [0.5, 0.6) is 0 Å². The molecule has 0 aliphatic carbocycles. The summed E-state index contributed by atoms with van der Waals surface area (Å²) in [5.41, 5.74) is 4.22. The first-order valence-corrected chi connectivity index (χ1v) is 8.47. The minimum absolute atomic E-state index is 0.0751. The molecule has 1 aromatic carbocycles. The Morgan fingerprint density at radius 1 is 1.08 bits per heavy atom. The first-order chi connectivity index (χ1) is 11.7. The largest absolute Gasteiger partial charge is 0.481 e. The summed E-state index contributed by atoms with van der Waals surface area (Å²) in [4.78, 5) is 19.3. The Labute approximate surface area is 149 Å². The molecule has 1 heterocycles. The van der Waals surface area contributed by atoms with Crippen LogP contribution in [0.15, 0.2) is 18.2 Å². The van der Waals surface area contributed by atoms with Crippen LogP contribution in [0.4, 0.5) is 0 Å². The minimum atomic E-state index is -1.08. The molecular formula is C20H27NO4. The maximum absolute atomic E-state index is 9.64. The van der Waals surface area contributed by atoms with E-state index in [0.29, 0.717) is 0 Å². The summed E-state index contributed by atoms with van der Waals surface area (Å²) in [7, 11) is 0. The lowest BCUT2D eigenvalue weighted by molar-refractivity contribution is -0.143. The molecule has 3 N–H and O–H groups in total. The fraction of sp³-hybridized carbons (Fsp3) is 0.500. The van der Waals surface area contributed by atoms with Gasteiger partial charge in [0.25, 0.3) is 0 Å². The van der Waals surface area contributed by atoms with E-state index in [1.807, 2.05) is 0 Å². The van der Waals surface area contributed by atoms with Crippen molar-refractivity contribution in [1.82, 2.24) is 5.32 Å². The van der Waals surface area contributed by atoms with Gasteiger partial charge in [0.05, 0.1) is 12.8 Å². The van der Waals surface area contributed by atoms with Crippen molar-refractivity contribution >= 4 is 11.9 Å². The van der Waals surface area contributed by atoms with Gasteiger partial charge in [-0.2, -0.15) is 0 Å². The smallest absolute Gasteiger partial charge is 0.303 e. The van der Waals surface area contributed by atoms with Gasteiger partial charge in [0.2, 0.25) is 0 Å². The third-order valence-electron chi connectivity index (χ3n) is 3.52. The Balaban J connectivity index is 0.000000333. The third kappa shape index (κ3) is 8.92. The first-order valence-electron chi connectivity index (χ1n) is 8.47. The fourth-order valence-corrected chi connectivity index (χ4v) is 2.31. The Morgan fingerprint density at radius 2 is 1.68 bits per heavy atom. The number of nitrogens with one attached hydrogen (secondary N) is 1. The van der Waals surface area contributed by atoms with Crippen molar-refractivity contribution in [1.29, 1.82) is 0 Å². The van der Waals surface area contributed by atoms with Crippen LogP contribution in [0.1, 0.15) is 50.3 Å². The summed E-state index contributed by atoms with van der Waals surface area (Å²) in [6.45, 7) is 8.62. The standard InChI is InChI=1S/C16H21N.C4H6O4/c1-16(2,3)10-7-13-5-4-6-14-8-11-17-12-9-15(13)14;5-3(6)1-2-4(7)8/h4-6,17H,8-9,11-12H2,1-3H3;1-2H2,(H,5,6)(H,7,8). The van der Waals surface area contributed by atoms with E-state index in [-0.39, 0.29) is 18.3 Å². The van der Waals surface area contributed by atoms with Crippen LogP contribution in [0.25, 0.3) is 0 Å². The monoisotopic (exact) mass is 345 g/mol. The molecule has 25 heavy (non-hydrogen) atoms. The highest BCUT2D eigenvalue weighted by Crippen LogP contribution is 2.18. The first kappa shape index (κ1) is 20.7. The molecule has 5 heteroatoms. The van der Waals surface area contributed by atoms with E-state index in [0.717, 1.165) is 25.9 Å². The predicted molar refractivity (Wildman–Crippen MR) is 97.6 cm³/mol. The highest BCUT2D eigenvalue weighted by molar-refractivity contribution is 5.75. The number of carboxylic acid groups (broad SMARTS) is 2. The van der Waals surface area contributed by atoms with E-state index in [9.17, 15) is 9.59 Å². The topological polar surface area (TPSA) is 86.6 Å². The maximum Gasteiger partial charge on any atom is 0.303 e. The Kier molecular flexibility index (Phi) is 8.17. The van der Waals surface area contributed by atoms with Gasteiger partial charge in [-0.25, -0.2) is 0 Å². The van der Waals surface area contributed by atoms with Gasteiger partial charge in [-0.15, -0.1) is 0 Å². The molecule has 1 aliphatic heterocycles. The van der Waals surface area contributed by atoms with Crippen LogP contribution in [-0.2, 0) is 22.4 Å². The molecule has 1 aliphatic rings. The molecule has 136 valence electrons. The lowest BCUT2D eigenvalue weighted by Crippen LogP contribution is -2.16. The fourth-order valence-electron chi connectivity index (χ4n) is 2.31. The molecule has 0 amide bonds. The number of benzene rings is 1. The normalized spacial score (nSPS) is 13.2. The Hall–Kier alpha value is -2.32. The summed E-state index contributed by atoms with van der Waals surface area (Å²) in [6.07, 6.45) is 1.63. The van der Waals surface area contributed by atoms with Gasteiger partial charge in [0.15, 0.2) is 0 Å². The van der Waals surface area contributed by atoms with Gasteiger partial charge in [-0.1, -0.05) is 24.0 Å². The van der Waals surface area contributed by atoms with Gasteiger partial charge in [0.1, 0.15) is 0 Å². The highest BCUT2D eigenvalue weighted by Gasteiger charge is 2.10. The number of hydrogen-bond acceptors (Lipinski definition) is 3. The molecule has 0 atom stereocenters. The SMILES string of the molecule is CC(C)(C)C#Cc1cccc2c1CCNCC2.O=C(O)CCC(=O)O. The van der Waals surface area contributed by atoms with Crippen LogP contribution < -0.4 is 5.32 Å². The molecular weight excluding hydrogens is 318 g/mol. The average Bonchev–Trinajstić information content (AvgIpc) is 2.76. The molecule has 0 spiro atoms. The van der Waals surface area contributed by atoms with E-state index >= 15 is 0 Å². The van der Waals surface area contributed by atoms with E-state index in [1.165, 1.54) is 16.7 Å². The zero-order chi connectivity index (χ0) is 18.9. The molecule has 2 rings (SSSR count). The highest BCUT2D eigenvalue weighted by atomic mass is 16.4. The van der Waals surface area contributed by atoms with E-state index in [4.69, 9.17) is 10.2 Å². The Morgan fingerprint density at radius 3 is 2.24 bits per heavy atom. The zero-order valence-electron chi connectivity index (χ0n) is 15.2. The molecule has 0 saturated carbocycles. The van der Waals surface area contributed by atoms with Crippen molar-refractivity contribution < 1.29 is 19.8 Å². The van der Waals surface area contributed by atoms with Crippen LogP contribution in [0.2, 0.25) is 0 Å². The predicted octanol–water partition coefficient (Wildman–Crippen LogP) is 2.71. The van der Waals surface area contributed by atoms with E-state index in [1.54, 1.807) is 0 Å². The molecule has 0 aromatic heterocycles. The number of rotatable bonds is 3. The summed E-state index contributed by atoms with van der Waals surface area (Å²) >= 11 is 0. The van der Waals surface area contributed by atoms with Crippen LogP contribution in [-0.4, -0.2) is 35.2 Å². The Bertz CT molecular complexity index is 648. The summed E-state index contributed by atoms with van der Waals surface area (Å²) in [6, 6.07) is 6.53. The zero-order valence-corrected chi connectivity index (χ0v) is 15.2.